The molecule has 2 amide bonds. The minimum Gasteiger partial charge on any atom is -0.488 e. The van der Waals surface area contributed by atoms with Crippen molar-refractivity contribution in [3.05, 3.63) is 78.1 Å². The van der Waals surface area contributed by atoms with Gasteiger partial charge in [-0.05, 0) is 29.8 Å². The molecule has 9 heteroatoms. The Bertz CT molecular complexity index is 1030. The van der Waals surface area contributed by atoms with Crippen molar-refractivity contribution in [3.8, 4) is 5.75 Å². The van der Waals surface area contributed by atoms with Gasteiger partial charge in [-0.2, -0.15) is 5.10 Å². The number of hydrogen-bond acceptors (Lipinski definition) is 4. The van der Waals surface area contributed by atoms with Gasteiger partial charge >= 0.3 is 6.03 Å². The van der Waals surface area contributed by atoms with Crippen molar-refractivity contribution in [3.63, 3.8) is 0 Å². The first kappa shape index (κ1) is 20.8. The molecule has 0 spiro atoms. The topological polar surface area (TPSA) is 68.6 Å². The number of benzene rings is 2. The number of para-hydroxylation sites is 1. The zero-order valence-electron chi connectivity index (χ0n) is 16.7. The first-order valence-corrected chi connectivity index (χ1v) is 9.88. The highest BCUT2D eigenvalue weighted by Gasteiger charge is 2.25. The van der Waals surface area contributed by atoms with Gasteiger partial charge in [0.2, 0.25) is 0 Å². The Balaban J connectivity index is 1.28. The maximum Gasteiger partial charge on any atom is 0.322 e. The Morgan fingerprint density at radius 1 is 1.19 bits per heavy atom. The molecule has 0 radical (unpaired) electrons. The molecule has 1 saturated heterocycles. The quantitative estimate of drug-likeness (QED) is 0.652. The number of carbonyl (C=O) groups is 1. The van der Waals surface area contributed by atoms with Crippen LogP contribution in [0.25, 0.3) is 0 Å². The molecule has 1 N–H and O–H groups in total. The number of aromatic nitrogens is 2. The Morgan fingerprint density at radius 3 is 2.81 bits per heavy atom. The second kappa shape index (κ2) is 9.57. The molecule has 1 aliphatic heterocycles. The Morgan fingerprint density at radius 2 is 2.00 bits per heavy atom. The van der Waals surface area contributed by atoms with Crippen LogP contribution in [-0.4, -0.2) is 53.1 Å². The number of nitrogens with one attached hydrogen (secondary N) is 1. The lowest BCUT2D eigenvalue weighted by molar-refractivity contribution is -0.0342. The van der Waals surface area contributed by atoms with Crippen molar-refractivity contribution in [2.24, 2.45) is 0 Å². The third kappa shape index (κ3) is 5.58. The molecule has 1 unspecified atom stereocenters. The predicted molar refractivity (Wildman–Crippen MR) is 110 cm³/mol. The summed E-state index contributed by atoms with van der Waals surface area (Å²) < 4.78 is 39.5. The molecule has 4 rings (SSSR count). The molecule has 7 nitrogen and oxygen atoms in total. The molecule has 162 valence electrons. The zero-order valence-corrected chi connectivity index (χ0v) is 16.7. The van der Waals surface area contributed by atoms with Crippen molar-refractivity contribution in [2.75, 3.05) is 31.6 Å². The lowest BCUT2D eigenvalue weighted by Gasteiger charge is -2.32. The lowest BCUT2D eigenvalue weighted by atomic mass is 10.2. The first-order valence-electron chi connectivity index (χ1n) is 9.88. The molecular weight excluding hydrogens is 406 g/mol. The maximum absolute atomic E-state index is 13.7. The average Bonchev–Trinajstić information content (AvgIpc) is 3.21. The Hall–Kier alpha value is -3.46. The summed E-state index contributed by atoms with van der Waals surface area (Å²) >= 11 is 0. The number of nitrogens with zero attached hydrogens (tertiary/aromatic N) is 3. The van der Waals surface area contributed by atoms with Gasteiger partial charge in [-0.25, -0.2) is 13.6 Å². The number of anilines is 1. The highest BCUT2D eigenvalue weighted by molar-refractivity contribution is 5.89. The minimum absolute atomic E-state index is 0.139. The van der Waals surface area contributed by atoms with E-state index in [-0.39, 0.29) is 30.3 Å². The molecule has 31 heavy (non-hydrogen) atoms. The van der Waals surface area contributed by atoms with Crippen molar-refractivity contribution < 1.29 is 23.0 Å². The fraction of sp³-hybridized carbons (Fsp3) is 0.273. The number of carbonyl (C=O) groups excluding carboxylic acids is 1. The summed E-state index contributed by atoms with van der Waals surface area (Å²) in [6.07, 6.45) is 2.90. The number of rotatable bonds is 6. The SMILES string of the molecule is O=C(Nc1cnn(Cc2ccc(F)cc2)c1)N1CCOC(COc2ccccc2F)C1. The van der Waals surface area contributed by atoms with E-state index >= 15 is 0 Å². The van der Waals surface area contributed by atoms with Crippen molar-refractivity contribution in [1.29, 1.82) is 0 Å². The highest BCUT2D eigenvalue weighted by Crippen LogP contribution is 2.17. The van der Waals surface area contributed by atoms with E-state index in [2.05, 4.69) is 10.4 Å². The maximum atomic E-state index is 13.7. The summed E-state index contributed by atoms with van der Waals surface area (Å²) in [4.78, 5) is 14.2. The van der Waals surface area contributed by atoms with Gasteiger partial charge in [0.25, 0.3) is 0 Å². The van der Waals surface area contributed by atoms with E-state index in [1.165, 1.54) is 18.2 Å². The number of ether oxygens (including phenoxy) is 2. The van der Waals surface area contributed by atoms with E-state index < -0.39 is 5.82 Å². The van der Waals surface area contributed by atoms with Crippen molar-refractivity contribution >= 4 is 11.7 Å². The highest BCUT2D eigenvalue weighted by atomic mass is 19.1. The van der Waals surface area contributed by atoms with Crippen LogP contribution < -0.4 is 10.1 Å². The van der Waals surface area contributed by atoms with Gasteiger partial charge in [-0.3, -0.25) is 4.68 Å². The van der Waals surface area contributed by atoms with E-state index in [1.807, 2.05) is 0 Å². The van der Waals surface area contributed by atoms with E-state index in [9.17, 15) is 13.6 Å². The average molecular weight is 428 g/mol. The molecule has 2 heterocycles. The first-order chi connectivity index (χ1) is 15.1. The third-order valence-electron chi connectivity index (χ3n) is 4.83. The Labute approximate surface area is 178 Å². The number of halogens is 2. The van der Waals surface area contributed by atoms with Crippen LogP contribution in [0.3, 0.4) is 0 Å². The fourth-order valence-electron chi connectivity index (χ4n) is 3.24. The molecule has 0 bridgehead atoms. The molecule has 1 aliphatic rings. The van der Waals surface area contributed by atoms with Gasteiger partial charge in [0.1, 0.15) is 18.5 Å². The second-order valence-corrected chi connectivity index (χ2v) is 7.16. The molecule has 1 fully saturated rings. The van der Waals surface area contributed by atoms with Gasteiger partial charge in [0.15, 0.2) is 11.6 Å². The summed E-state index contributed by atoms with van der Waals surface area (Å²) in [6.45, 7) is 1.72. The molecule has 1 aromatic heterocycles. The van der Waals surface area contributed by atoms with Gasteiger partial charge in [-0.15, -0.1) is 0 Å². The van der Waals surface area contributed by atoms with Gasteiger partial charge in [0.05, 0.1) is 31.6 Å². The van der Waals surface area contributed by atoms with E-state index in [0.29, 0.717) is 31.9 Å². The van der Waals surface area contributed by atoms with Crippen LogP contribution in [0.2, 0.25) is 0 Å². The molecule has 3 aromatic rings. The third-order valence-corrected chi connectivity index (χ3v) is 4.83. The number of amides is 2. The zero-order chi connectivity index (χ0) is 21.6. The van der Waals surface area contributed by atoms with Crippen molar-refractivity contribution in [1.82, 2.24) is 14.7 Å². The lowest BCUT2D eigenvalue weighted by Crippen LogP contribution is -2.49. The van der Waals surface area contributed by atoms with E-state index in [0.717, 1.165) is 5.56 Å². The molecule has 2 aromatic carbocycles. The normalized spacial score (nSPS) is 16.2. The standard InChI is InChI=1S/C22H22F2N4O3/c23-17-7-5-16(6-8-17)12-28-13-18(11-25-28)26-22(29)27-9-10-30-19(14-27)15-31-21-4-2-1-3-20(21)24/h1-8,11,13,19H,9-10,12,14-15H2,(H,26,29). The number of hydrogen-bond donors (Lipinski definition) is 1. The number of morpholine rings is 1. The summed E-state index contributed by atoms with van der Waals surface area (Å²) in [5.74, 6) is -0.577. The predicted octanol–water partition coefficient (Wildman–Crippen LogP) is 3.52. The minimum atomic E-state index is -0.439. The summed E-state index contributed by atoms with van der Waals surface area (Å²) in [6, 6.07) is 12.0. The van der Waals surface area contributed by atoms with Gasteiger partial charge in [0, 0.05) is 12.7 Å². The summed E-state index contributed by atoms with van der Waals surface area (Å²) in [5.41, 5.74) is 1.45. The summed E-state index contributed by atoms with van der Waals surface area (Å²) in [5, 5.41) is 7.05. The van der Waals surface area contributed by atoms with Crippen LogP contribution in [-0.2, 0) is 11.3 Å². The van der Waals surface area contributed by atoms with Crippen LogP contribution in [0, 0.1) is 11.6 Å². The second-order valence-electron chi connectivity index (χ2n) is 7.16. The molecule has 0 saturated carbocycles. The largest absolute Gasteiger partial charge is 0.488 e. The monoisotopic (exact) mass is 428 g/mol. The van der Waals surface area contributed by atoms with Gasteiger partial charge < -0.3 is 19.7 Å². The van der Waals surface area contributed by atoms with Crippen LogP contribution in [0.15, 0.2) is 60.9 Å². The van der Waals surface area contributed by atoms with Crippen LogP contribution in [0.4, 0.5) is 19.3 Å². The smallest absolute Gasteiger partial charge is 0.322 e. The molecule has 1 atom stereocenters. The Kier molecular flexibility index (Phi) is 6.42. The van der Waals surface area contributed by atoms with Crippen LogP contribution >= 0.6 is 0 Å². The van der Waals surface area contributed by atoms with E-state index in [4.69, 9.17) is 9.47 Å². The molecular formula is C22H22F2N4O3. The van der Waals surface area contributed by atoms with Crippen LogP contribution in [0.1, 0.15) is 5.56 Å². The van der Waals surface area contributed by atoms with Crippen molar-refractivity contribution in [2.45, 2.75) is 12.6 Å². The van der Waals surface area contributed by atoms with E-state index in [1.54, 1.807) is 52.3 Å². The number of urea groups is 1. The van der Waals surface area contributed by atoms with Crippen LogP contribution in [0.5, 0.6) is 5.75 Å². The van der Waals surface area contributed by atoms with Gasteiger partial charge in [-0.1, -0.05) is 24.3 Å². The fourth-order valence-corrected chi connectivity index (χ4v) is 3.24. The molecule has 0 aliphatic carbocycles. The summed E-state index contributed by atoms with van der Waals surface area (Å²) in [7, 11) is 0.